The molecule has 0 spiro atoms. The molecule has 3 N–H and O–H groups in total. The van der Waals surface area contributed by atoms with Crippen molar-refractivity contribution in [1.29, 1.82) is 0 Å². The average Bonchev–Trinajstić information content (AvgIpc) is 3.10. The van der Waals surface area contributed by atoms with E-state index in [0.29, 0.717) is 19.6 Å². The lowest BCUT2D eigenvalue weighted by Gasteiger charge is -2.14. The number of benzene rings is 1. The molecule has 1 aromatic heterocycles. The predicted octanol–water partition coefficient (Wildman–Crippen LogP) is -0.462. The Labute approximate surface area is 120 Å². The number of nitrogens with zero attached hydrogens (tertiary/aromatic N) is 4. The third kappa shape index (κ3) is 2.48. The highest BCUT2D eigenvalue weighted by atomic mass is 16.2. The van der Waals surface area contributed by atoms with E-state index in [4.69, 9.17) is 5.84 Å². The van der Waals surface area contributed by atoms with Crippen molar-refractivity contribution in [2.45, 2.75) is 13.1 Å². The standard InChI is InChI=1S/C13H14N6O2/c14-15-12(20)11-8-19(17-16-11)6-5-18-7-9-3-1-2-4-10(9)13(18)21/h1-4,8H,5-7,14H2,(H,15,20). The summed E-state index contributed by atoms with van der Waals surface area (Å²) in [4.78, 5) is 25.2. The first-order valence-corrected chi connectivity index (χ1v) is 6.47. The van der Waals surface area contributed by atoms with E-state index >= 15 is 0 Å². The summed E-state index contributed by atoms with van der Waals surface area (Å²) in [5, 5.41) is 7.54. The molecule has 0 unspecified atom stereocenters. The molecule has 3 rings (SSSR count). The summed E-state index contributed by atoms with van der Waals surface area (Å²) in [5.74, 6) is 4.55. The van der Waals surface area contributed by atoms with E-state index < -0.39 is 5.91 Å². The second-order valence-electron chi connectivity index (χ2n) is 4.72. The van der Waals surface area contributed by atoms with Gasteiger partial charge in [-0.15, -0.1) is 5.10 Å². The summed E-state index contributed by atoms with van der Waals surface area (Å²) in [6.07, 6.45) is 1.50. The summed E-state index contributed by atoms with van der Waals surface area (Å²) in [6, 6.07) is 7.56. The summed E-state index contributed by atoms with van der Waals surface area (Å²) in [7, 11) is 0. The zero-order chi connectivity index (χ0) is 14.8. The largest absolute Gasteiger partial charge is 0.332 e. The molecule has 2 aromatic rings. The van der Waals surface area contributed by atoms with Crippen molar-refractivity contribution in [2.75, 3.05) is 6.54 Å². The van der Waals surface area contributed by atoms with E-state index in [-0.39, 0.29) is 11.6 Å². The highest BCUT2D eigenvalue weighted by Gasteiger charge is 2.26. The fourth-order valence-corrected chi connectivity index (χ4v) is 2.30. The Hall–Kier alpha value is -2.74. The van der Waals surface area contributed by atoms with Crippen molar-refractivity contribution >= 4 is 11.8 Å². The van der Waals surface area contributed by atoms with E-state index in [0.717, 1.165) is 11.1 Å². The minimum absolute atomic E-state index is 0.0191. The fraction of sp³-hybridized carbons (Fsp3) is 0.231. The Morgan fingerprint density at radius 2 is 2.14 bits per heavy atom. The summed E-state index contributed by atoms with van der Waals surface area (Å²) in [5.41, 5.74) is 3.92. The number of carbonyl (C=O) groups is 2. The first-order valence-electron chi connectivity index (χ1n) is 6.47. The Morgan fingerprint density at radius 3 is 2.90 bits per heavy atom. The first-order chi connectivity index (χ1) is 10.2. The van der Waals surface area contributed by atoms with Gasteiger partial charge in [0, 0.05) is 18.7 Å². The smallest absolute Gasteiger partial charge is 0.287 e. The predicted molar refractivity (Wildman–Crippen MR) is 72.9 cm³/mol. The van der Waals surface area contributed by atoms with Crippen LogP contribution in [0.3, 0.4) is 0 Å². The van der Waals surface area contributed by atoms with Crippen LogP contribution in [-0.4, -0.2) is 38.3 Å². The van der Waals surface area contributed by atoms with E-state index in [1.54, 1.807) is 4.90 Å². The van der Waals surface area contributed by atoms with Crippen LogP contribution in [0.2, 0.25) is 0 Å². The van der Waals surface area contributed by atoms with Crippen LogP contribution < -0.4 is 11.3 Å². The topological polar surface area (TPSA) is 106 Å². The minimum atomic E-state index is -0.495. The quantitative estimate of drug-likeness (QED) is 0.449. The van der Waals surface area contributed by atoms with Gasteiger partial charge in [0.2, 0.25) is 0 Å². The molecule has 8 heteroatoms. The normalized spacial score (nSPS) is 13.4. The van der Waals surface area contributed by atoms with E-state index in [9.17, 15) is 9.59 Å². The highest BCUT2D eigenvalue weighted by Crippen LogP contribution is 2.21. The molecule has 0 fully saturated rings. The Balaban J connectivity index is 1.63. The lowest BCUT2D eigenvalue weighted by molar-refractivity contribution is 0.0770. The van der Waals surface area contributed by atoms with Crippen LogP contribution in [0.4, 0.5) is 0 Å². The first kappa shape index (κ1) is 13.3. The molecule has 0 saturated heterocycles. The number of nitrogens with two attached hydrogens (primary N) is 1. The fourth-order valence-electron chi connectivity index (χ4n) is 2.30. The van der Waals surface area contributed by atoms with Gasteiger partial charge in [-0.3, -0.25) is 15.0 Å². The van der Waals surface area contributed by atoms with Gasteiger partial charge in [-0.25, -0.2) is 10.5 Å². The molecule has 1 aliphatic rings. The SMILES string of the molecule is NNC(=O)c1cn(CCN2Cc3ccccc3C2=O)nn1. The van der Waals surface area contributed by atoms with Gasteiger partial charge < -0.3 is 4.90 Å². The maximum absolute atomic E-state index is 12.2. The third-order valence-electron chi connectivity index (χ3n) is 3.40. The Kier molecular flexibility index (Phi) is 3.36. The van der Waals surface area contributed by atoms with Crippen LogP contribution in [0.1, 0.15) is 26.4 Å². The zero-order valence-electron chi connectivity index (χ0n) is 11.2. The molecule has 0 radical (unpaired) electrons. The van der Waals surface area contributed by atoms with Crippen molar-refractivity contribution in [3.8, 4) is 0 Å². The minimum Gasteiger partial charge on any atom is -0.332 e. The lowest BCUT2D eigenvalue weighted by Crippen LogP contribution is -2.30. The maximum atomic E-state index is 12.2. The molecule has 1 aliphatic heterocycles. The zero-order valence-corrected chi connectivity index (χ0v) is 11.2. The molecule has 8 nitrogen and oxygen atoms in total. The third-order valence-corrected chi connectivity index (χ3v) is 3.40. The molecule has 0 saturated carbocycles. The Bertz CT molecular complexity index is 695. The second kappa shape index (κ2) is 5.33. The van der Waals surface area contributed by atoms with E-state index in [1.165, 1.54) is 10.9 Å². The van der Waals surface area contributed by atoms with Crippen molar-refractivity contribution in [3.05, 3.63) is 47.3 Å². The van der Waals surface area contributed by atoms with Crippen LogP contribution >= 0.6 is 0 Å². The molecular formula is C13H14N6O2. The summed E-state index contributed by atoms with van der Waals surface area (Å²) in [6.45, 7) is 1.56. The van der Waals surface area contributed by atoms with E-state index in [1.807, 2.05) is 29.7 Å². The number of carbonyl (C=O) groups excluding carboxylic acids is 2. The van der Waals surface area contributed by atoms with E-state index in [2.05, 4.69) is 10.3 Å². The molecule has 0 atom stereocenters. The van der Waals surface area contributed by atoms with Crippen LogP contribution in [0.25, 0.3) is 0 Å². The summed E-state index contributed by atoms with van der Waals surface area (Å²) < 4.78 is 1.51. The van der Waals surface area contributed by atoms with Crippen LogP contribution in [-0.2, 0) is 13.1 Å². The van der Waals surface area contributed by atoms with Crippen LogP contribution in [0.5, 0.6) is 0 Å². The van der Waals surface area contributed by atoms with Gasteiger partial charge in [-0.1, -0.05) is 23.4 Å². The maximum Gasteiger partial charge on any atom is 0.287 e. The van der Waals surface area contributed by atoms with Crippen LogP contribution in [0.15, 0.2) is 30.5 Å². The number of hydrogen-bond donors (Lipinski definition) is 2. The van der Waals surface area contributed by atoms with Gasteiger partial charge in [-0.2, -0.15) is 0 Å². The van der Waals surface area contributed by atoms with Gasteiger partial charge in [0.05, 0.1) is 12.7 Å². The van der Waals surface area contributed by atoms with Crippen LogP contribution in [0, 0.1) is 0 Å². The van der Waals surface area contributed by atoms with Crippen molar-refractivity contribution in [2.24, 2.45) is 5.84 Å². The molecule has 2 heterocycles. The molecule has 2 amide bonds. The molecular weight excluding hydrogens is 272 g/mol. The number of hydrazine groups is 1. The molecule has 21 heavy (non-hydrogen) atoms. The number of fused-ring (bicyclic) bond motifs is 1. The molecule has 0 bridgehead atoms. The number of rotatable bonds is 4. The van der Waals surface area contributed by atoms with Crippen molar-refractivity contribution in [3.63, 3.8) is 0 Å². The van der Waals surface area contributed by atoms with Gasteiger partial charge >= 0.3 is 0 Å². The summed E-state index contributed by atoms with van der Waals surface area (Å²) >= 11 is 0. The van der Waals surface area contributed by atoms with Gasteiger partial charge in [0.15, 0.2) is 5.69 Å². The molecule has 108 valence electrons. The number of aromatic nitrogens is 3. The van der Waals surface area contributed by atoms with Crippen molar-refractivity contribution in [1.82, 2.24) is 25.3 Å². The molecule has 1 aromatic carbocycles. The van der Waals surface area contributed by atoms with Crippen molar-refractivity contribution < 1.29 is 9.59 Å². The molecule has 0 aliphatic carbocycles. The number of nitrogen functional groups attached to an aromatic ring is 1. The average molecular weight is 286 g/mol. The Morgan fingerprint density at radius 1 is 1.33 bits per heavy atom. The van der Waals surface area contributed by atoms with Gasteiger partial charge in [0.25, 0.3) is 11.8 Å². The highest BCUT2D eigenvalue weighted by molar-refractivity contribution is 5.98. The number of nitrogens with one attached hydrogen (secondary N) is 1. The van der Waals surface area contributed by atoms with Gasteiger partial charge in [-0.05, 0) is 11.6 Å². The second-order valence-corrected chi connectivity index (χ2v) is 4.72. The lowest BCUT2D eigenvalue weighted by atomic mass is 10.1. The van der Waals surface area contributed by atoms with Gasteiger partial charge in [0.1, 0.15) is 0 Å². The monoisotopic (exact) mass is 286 g/mol. The number of amides is 2. The number of hydrogen-bond acceptors (Lipinski definition) is 5.